The van der Waals surface area contributed by atoms with Gasteiger partial charge in [-0.25, -0.2) is 0 Å². The molecule has 108 valence electrons. The molecule has 1 rings (SSSR count). The number of thiophene rings is 1. The zero-order chi connectivity index (χ0) is 15.0. The molecule has 0 bridgehead atoms. The van der Waals surface area contributed by atoms with E-state index in [2.05, 4.69) is 22.5 Å². The first-order chi connectivity index (χ1) is 9.54. The van der Waals surface area contributed by atoms with Crippen LogP contribution in [0.25, 0.3) is 0 Å². The van der Waals surface area contributed by atoms with Crippen molar-refractivity contribution < 1.29 is 9.59 Å². The highest BCUT2D eigenvalue weighted by atomic mass is 32.1. The van der Waals surface area contributed by atoms with E-state index in [0.29, 0.717) is 22.9 Å². The van der Waals surface area contributed by atoms with E-state index >= 15 is 0 Å². The van der Waals surface area contributed by atoms with Gasteiger partial charge < -0.3 is 16.4 Å². The summed E-state index contributed by atoms with van der Waals surface area (Å²) in [6, 6.07) is 1.76. The van der Waals surface area contributed by atoms with E-state index in [4.69, 9.17) is 5.73 Å². The lowest BCUT2D eigenvalue weighted by Crippen LogP contribution is -2.38. The lowest BCUT2D eigenvalue weighted by atomic mass is 10.2. The average Bonchev–Trinajstić information content (AvgIpc) is 2.88. The highest BCUT2D eigenvalue weighted by Gasteiger charge is 2.13. The molecule has 0 saturated heterocycles. The van der Waals surface area contributed by atoms with Crippen molar-refractivity contribution >= 4 is 23.2 Å². The minimum absolute atomic E-state index is 0.0345. The molecule has 0 aromatic carbocycles. The molecular formula is C14H19N3O2S. The molecule has 1 heterocycles. The number of hydrogen-bond acceptors (Lipinski definition) is 4. The molecule has 20 heavy (non-hydrogen) atoms. The maximum Gasteiger partial charge on any atom is 0.263 e. The van der Waals surface area contributed by atoms with Crippen molar-refractivity contribution in [2.45, 2.75) is 13.8 Å². The Morgan fingerprint density at radius 1 is 1.40 bits per heavy atom. The number of carbonyl (C=O) groups excluding carboxylic acids is 2. The van der Waals surface area contributed by atoms with E-state index in [1.807, 2.05) is 13.8 Å². The van der Waals surface area contributed by atoms with Crippen molar-refractivity contribution in [3.8, 4) is 11.8 Å². The van der Waals surface area contributed by atoms with Gasteiger partial charge in [0.25, 0.3) is 5.91 Å². The topological polar surface area (TPSA) is 84.2 Å². The van der Waals surface area contributed by atoms with Gasteiger partial charge in [-0.1, -0.05) is 25.7 Å². The van der Waals surface area contributed by atoms with Gasteiger partial charge in [-0.3, -0.25) is 9.59 Å². The van der Waals surface area contributed by atoms with Gasteiger partial charge in [0.15, 0.2) is 0 Å². The van der Waals surface area contributed by atoms with Crippen molar-refractivity contribution in [3.63, 3.8) is 0 Å². The summed E-state index contributed by atoms with van der Waals surface area (Å²) in [4.78, 5) is 24.0. The van der Waals surface area contributed by atoms with Crippen LogP contribution in [0, 0.1) is 17.8 Å². The first-order valence-electron chi connectivity index (χ1n) is 6.36. The Labute approximate surface area is 122 Å². The standard InChI is InChI=1S/C14H19N3O2S/c1-10(2)8-16-12(18)9-17-14(19)13-11(4-3-6-15)5-7-20-13/h5,7,10H,6,8-9,15H2,1-2H3,(H,16,18)(H,17,19). The summed E-state index contributed by atoms with van der Waals surface area (Å²) in [6.07, 6.45) is 0. The molecule has 2 amide bonds. The van der Waals surface area contributed by atoms with E-state index in [9.17, 15) is 9.59 Å². The zero-order valence-electron chi connectivity index (χ0n) is 11.7. The molecular weight excluding hydrogens is 274 g/mol. The van der Waals surface area contributed by atoms with E-state index in [1.54, 1.807) is 11.4 Å². The Kier molecular flexibility index (Phi) is 6.77. The second kappa shape index (κ2) is 8.35. The van der Waals surface area contributed by atoms with Crippen molar-refractivity contribution in [2.75, 3.05) is 19.6 Å². The Morgan fingerprint density at radius 2 is 2.15 bits per heavy atom. The summed E-state index contributed by atoms with van der Waals surface area (Å²) in [5.74, 6) is 5.44. The van der Waals surface area contributed by atoms with Gasteiger partial charge in [0.1, 0.15) is 4.88 Å². The highest BCUT2D eigenvalue weighted by molar-refractivity contribution is 7.12. The summed E-state index contributed by atoms with van der Waals surface area (Å²) in [5, 5.41) is 7.11. The van der Waals surface area contributed by atoms with Gasteiger partial charge in [-0.2, -0.15) is 0 Å². The molecule has 0 aliphatic carbocycles. The Bertz CT molecular complexity index is 526. The van der Waals surface area contributed by atoms with Gasteiger partial charge in [-0.05, 0) is 17.4 Å². The fourth-order valence-corrected chi connectivity index (χ4v) is 2.12. The van der Waals surface area contributed by atoms with Crippen LogP contribution in [0.1, 0.15) is 29.1 Å². The second-order valence-corrected chi connectivity index (χ2v) is 5.47. The third-order valence-electron chi connectivity index (χ3n) is 2.31. The second-order valence-electron chi connectivity index (χ2n) is 4.55. The van der Waals surface area contributed by atoms with Crippen LogP contribution in [0.4, 0.5) is 0 Å². The number of carbonyl (C=O) groups is 2. The lowest BCUT2D eigenvalue weighted by Gasteiger charge is -2.08. The number of amides is 2. The summed E-state index contributed by atoms with van der Waals surface area (Å²) in [6.45, 7) is 4.82. The van der Waals surface area contributed by atoms with Crippen LogP contribution in [0.3, 0.4) is 0 Å². The maximum atomic E-state index is 12.0. The number of nitrogens with one attached hydrogen (secondary N) is 2. The van der Waals surface area contributed by atoms with Crippen LogP contribution >= 0.6 is 11.3 Å². The van der Waals surface area contributed by atoms with Crippen LogP contribution in [0.15, 0.2) is 11.4 Å². The van der Waals surface area contributed by atoms with Crippen molar-refractivity contribution in [1.29, 1.82) is 0 Å². The monoisotopic (exact) mass is 293 g/mol. The van der Waals surface area contributed by atoms with E-state index in [0.717, 1.165) is 0 Å². The molecule has 0 saturated carbocycles. The molecule has 0 spiro atoms. The van der Waals surface area contributed by atoms with Gasteiger partial charge in [-0.15, -0.1) is 11.3 Å². The molecule has 0 radical (unpaired) electrons. The first kappa shape index (κ1) is 16.2. The van der Waals surface area contributed by atoms with Crippen LogP contribution < -0.4 is 16.4 Å². The van der Waals surface area contributed by atoms with Crippen LogP contribution in [0.2, 0.25) is 0 Å². The van der Waals surface area contributed by atoms with Gasteiger partial charge >= 0.3 is 0 Å². The fraction of sp³-hybridized carbons (Fsp3) is 0.429. The molecule has 0 aliphatic rings. The molecule has 1 aromatic rings. The number of nitrogens with two attached hydrogens (primary N) is 1. The average molecular weight is 293 g/mol. The third-order valence-corrected chi connectivity index (χ3v) is 3.23. The smallest absolute Gasteiger partial charge is 0.263 e. The van der Waals surface area contributed by atoms with Gasteiger partial charge in [0.05, 0.1) is 13.1 Å². The van der Waals surface area contributed by atoms with Crippen LogP contribution in [0.5, 0.6) is 0 Å². The Morgan fingerprint density at radius 3 is 2.80 bits per heavy atom. The fourth-order valence-electron chi connectivity index (χ4n) is 1.35. The lowest BCUT2D eigenvalue weighted by molar-refractivity contribution is -0.120. The minimum Gasteiger partial charge on any atom is -0.354 e. The summed E-state index contributed by atoms with van der Waals surface area (Å²) in [5.41, 5.74) is 5.94. The van der Waals surface area contributed by atoms with Crippen LogP contribution in [-0.4, -0.2) is 31.4 Å². The largest absolute Gasteiger partial charge is 0.354 e. The predicted molar refractivity (Wildman–Crippen MR) is 80.4 cm³/mol. The van der Waals surface area contributed by atoms with E-state index in [-0.39, 0.29) is 24.9 Å². The summed E-state index contributed by atoms with van der Waals surface area (Å²) < 4.78 is 0. The van der Waals surface area contributed by atoms with Crippen molar-refractivity contribution in [1.82, 2.24) is 10.6 Å². The molecule has 0 unspecified atom stereocenters. The molecule has 1 aromatic heterocycles. The SMILES string of the molecule is CC(C)CNC(=O)CNC(=O)c1sccc1C#CCN. The molecule has 5 nitrogen and oxygen atoms in total. The summed E-state index contributed by atoms with van der Waals surface area (Å²) >= 11 is 1.29. The number of hydrogen-bond donors (Lipinski definition) is 3. The molecule has 6 heteroatoms. The van der Waals surface area contributed by atoms with E-state index in [1.165, 1.54) is 11.3 Å². The quantitative estimate of drug-likeness (QED) is 0.694. The van der Waals surface area contributed by atoms with E-state index < -0.39 is 0 Å². The predicted octanol–water partition coefficient (Wildman–Crippen LogP) is 0.560. The van der Waals surface area contributed by atoms with Gasteiger partial charge in [0.2, 0.25) is 5.91 Å². The maximum absolute atomic E-state index is 12.0. The van der Waals surface area contributed by atoms with Crippen LogP contribution in [-0.2, 0) is 4.79 Å². The highest BCUT2D eigenvalue weighted by Crippen LogP contribution is 2.15. The first-order valence-corrected chi connectivity index (χ1v) is 7.24. The molecule has 4 N–H and O–H groups in total. The molecule has 0 fully saturated rings. The number of rotatable bonds is 5. The Hall–Kier alpha value is -1.84. The molecule has 0 atom stereocenters. The Balaban J connectivity index is 2.51. The van der Waals surface area contributed by atoms with Gasteiger partial charge in [0, 0.05) is 12.1 Å². The van der Waals surface area contributed by atoms with Crippen molar-refractivity contribution in [3.05, 3.63) is 21.9 Å². The third kappa shape index (κ3) is 5.43. The summed E-state index contributed by atoms with van der Waals surface area (Å²) in [7, 11) is 0. The minimum atomic E-state index is -0.291. The normalized spacial score (nSPS) is 9.80. The zero-order valence-corrected chi connectivity index (χ0v) is 12.5. The molecule has 0 aliphatic heterocycles. The van der Waals surface area contributed by atoms with Crippen molar-refractivity contribution in [2.24, 2.45) is 11.7 Å².